The fourth-order valence-electron chi connectivity index (χ4n) is 4.02. The van der Waals surface area contributed by atoms with Crippen molar-refractivity contribution in [2.24, 2.45) is 4.99 Å². The molecule has 172 valence electrons. The van der Waals surface area contributed by atoms with E-state index in [9.17, 15) is 4.39 Å². The summed E-state index contributed by atoms with van der Waals surface area (Å²) in [6, 6.07) is 11.1. The maximum absolute atomic E-state index is 13.6. The van der Waals surface area contributed by atoms with Gasteiger partial charge in [-0.3, -0.25) is 0 Å². The Morgan fingerprint density at radius 3 is 2.72 bits per heavy atom. The quantitative estimate of drug-likeness (QED) is 0.268. The van der Waals surface area contributed by atoms with Gasteiger partial charge in [0.2, 0.25) is 0 Å². The second kappa shape index (κ2) is 11.0. The molecule has 2 N–H and O–H groups in total. The predicted octanol–water partition coefficient (Wildman–Crippen LogP) is 4.93. The van der Waals surface area contributed by atoms with E-state index in [0.717, 1.165) is 66.7 Å². The third kappa shape index (κ3) is 5.70. The molecular formula is C24H31FIN5O. The van der Waals surface area contributed by atoms with E-state index in [1.807, 2.05) is 19.9 Å². The second-order valence-corrected chi connectivity index (χ2v) is 8.03. The van der Waals surface area contributed by atoms with Gasteiger partial charge in [0.15, 0.2) is 5.96 Å². The Bertz CT molecular complexity index is 1080. The molecule has 32 heavy (non-hydrogen) atoms. The molecule has 2 aromatic heterocycles. The first-order valence-electron chi connectivity index (χ1n) is 10.9. The van der Waals surface area contributed by atoms with Crippen molar-refractivity contribution in [2.75, 3.05) is 24.5 Å². The summed E-state index contributed by atoms with van der Waals surface area (Å²) < 4.78 is 19.5. The van der Waals surface area contributed by atoms with Crippen LogP contribution in [0.2, 0.25) is 0 Å². The number of piperidine rings is 1. The minimum atomic E-state index is -0.256. The van der Waals surface area contributed by atoms with E-state index in [4.69, 9.17) is 9.41 Å². The Morgan fingerprint density at radius 2 is 2.00 bits per heavy atom. The van der Waals surface area contributed by atoms with Gasteiger partial charge in [0, 0.05) is 42.3 Å². The summed E-state index contributed by atoms with van der Waals surface area (Å²) >= 11 is 0. The van der Waals surface area contributed by atoms with E-state index in [2.05, 4.69) is 39.6 Å². The number of halogens is 2. The molecule has 4 rings (SSSR count). The van der Waals surface area contributed by atoms with Gasteiger partial charge in [-0.1, -0.05) is 6.07 Å². The standard InChI is InChI=1S/C24H30FN5O.HI/c1-4-26-24(27-15-22-17(3)20-14-18(25)8-9-21(20)31-22)29-19-10-12-30(13-11-19)23-7-5-6-16(2)28-23;/h5-9,14,19H,4,10-13,15H2,1-3H3,(H2,26,27,29);1H. The average Bonchev–Trinajstić information content (AvgIpc) is 3.08. The van der Waals surface area contributed by atoms with Crippen LogP contribution < -0.4 is 15.5 Å². The first kappa shape index (κ1) is 24.3. The number of guanidine groups is 1. The van der Waals surface area contributed by atoms with E-state index in [1.54, 1.807) is 6.07 Å². The smallest absolute Gasteiger partial charge is 0.191 e. The SMILES string of the molecule is CCNC(=NCc1oc2ccc(F)cc2c1C)NC1CCN(c2cccc(C)n2)CC1.I. The first-order valence-corrected chi connectivity index (χ1v) is 10.9. The van der Waals surface area contributed by atoms with Crippen molar-refractivity contribution in [3.05, 3.63) is 59.2 Å². The number of fused-ring (bicyclic) bond motifs is 1. The zero-order valence-corrected chi connectivity index (χ0v) is 21.2. The van der Waals surface area contributed by atoms with Crippen molar-refractivity contribution in [3.63, 3.8) is 0 Å². The minimum Gasteiger partial charge on any atom is -0.459 e. The van der Waals surface area contributed by atoms with Gasteiger partial charge in [0.05, 0.1) is 0 Å². The molecular weight excluding hydrogens is 520 g/mol. The van der Waals surface area contributed by atoms with Crippen LogP contribution in [0.15, 0.2) is 45.8 Å². The van der Waals surface area contributed by atoms with Crippen LogP contribution in [0.4, 0.5) is 10.2 Å². The third-order valence-corrected chi connectivity index (χ3v) is 5.76. The Hall–Kier alpha value is -2.36. The molecule has 0 amide bonds. The first-order chi connectivity index (χ1) is 15.0. The van der Waals surface area contributed by atoms with Gasteiger partial charge >= 0.3 is 0 Å². The van der Waals surface area contributed by atoms with Gasteiger partial charge in [-0.2, -0.15) is 0 Å². The second-order valence-electron chi connectivity index (χ2n) is 8.03. The van der Waals surface area contributed by atoms with Crippen LogP contribution in [0.3, 0.4) is 0 Å². The van der Waals surface area contributed by atoms with Gasteiger partial charge in [-0.25, -0.2) is 14.4 Å². The topological polar surface area (TPSA) is 65.7 Å². The van der Waals surface area contributed by atoms with Crippen molar-refractivity contribution >= 4 is 46.7 Å². The number of nitrogens with one attached hydrogen (secondary N) is 2. The monoisotopic (exact) mass is 551 g/mol. The number of hydrogen-bond donors (Lipinski definition) is 2. The molecule has 6 nitrogen and oxygen atoms in total. The number of pyridine rings is 1. The number of anilines is 1. The molecule has 0 spiro atoms. The summed E-state index contributed by atoms with van der Waals surface area (Å²) in [6.07, 6.45) is 2.03. The molecule has 8 heteroatoms. The molecule has 3 heterocycles. The number of hydrogen-bond acceptors (Lipinski definition) is 4. The van der Waals surface area contributed by atoms with E-state index in [0.29, 0.717) is 18.2 Å². The Labute approximate surface area is 205 Å². The normalized spacial score (nSPS) is 15.0. The van der Waals surface area contributed by atoms with Crippen molar-refractivity contribution < 1.29 is 8.81 Å². The molecule has 0 saturated carbocycles. The van der Waals surface area contributed by atoms with Gasteiger partial charge in [-0.15, -0.1) is 24.0 Å². The Balaban J connectivity index is 0.00000289. The highest BCUT2D eigenvalue weighted by Crippen LogP contribution is 2.26. The van der Waals surface area contributed by atoms with Crippen LogP contribution in [0.5, 0.6) is 0 Å². The van der Waals surface area contributed by atoms with Crippen LogP contribution in [-0.2, 0) is 6.54 Å². The maximum atomic E-state index is 13.6. The highest BCUT2D eigenvalue weighted by atomic mass is 127. The molecule has 0 radical (unpaired) electrons. The summed E-state index contributed by atoms with van der Waals surface area (Å²) in [6.45, 7) is 9.14. The molecule has 1 aliphatic rings. The summed E-state index contributed by atoms with van der Waals surface area (Å²) in [7, 11) is 0. The van der Waals surface area contributed by atoms with Crippen molar-refractivity contribution in [3.8, 4) is 0 Å². The number of aromatic nitrogens is 1. The van der Waals surface area contributed by atoms with Crippen LogP contribution in [0, 0.1) is 19.7 Å². The molecule has 1 fully saturated rings. The average molecular weight is 551 g/mol. The maximum Gasteiger partial charge on any atom is 0.191 e. The minimum absolute atomic E-state index is 0. The number of furan rings is 1. The fourth-order valence-corrected chi connectivity index (χ4v) is 4.02. The highest BCUT2D eigenvalue weighted by molar-refractivity contribution is 14.0. The third-order valence-electron chi connectivity index (χ3n) is 5.76. The van der Waals surface area contributed by atoms with Crippen molar-refractivity contribution in [1.82, 2.24) is 15.6 Å². The van der Waals surface area contributed by atoms with Gasteiger partial charge in [-0.05, 0) is 63.9 Å². The summed E-state index contributed by atoms with van der Waals surface area (Å²) in [4.78, 5) is 11.7. The van der Waals surface area contributed by atoms with E-state index in [1.165, 1.54) is 12.1 Å². The van der Waals surface area contributed by atoms with Crippen LogP contribution in [0.25, 0.3) is 11.0 Å². The number of benzene rings is 1. The molecule has 0 unspecified atom stereocenters. The van der Waals surface area contributed by atoms with E-state index >= 15 is 0 Å². The molecule has 3 aromatic rings. The number of aliphatic imine (C=N–C) groups is 1. The van der Waals surface area contributed by atoms with Gasteiger partial charge in [0.1, 0.15) is 29.5 Å². The van der Waals surface area contributed by atoms with Gasteiger partial charge < -0.3 is 20.0 Å². The Morgan fingerprint density at radius 1 is 1.22 bits per heavy atom. The van der Waals surface area contributed by atoms with Crippen molar-refractivity contribution in [2.45, 2.75) is 46.2 Å². The highest BCUT2D eigenvalue weighted by Gasteiger charge is 2.21. The lowest BCUT2D eigenvalue weighted by atomic mass is 10.1. The van der Waals surface area contributed by atoms with Crippen LogP contribution >= 0.6 is 24.0 Å². The molecule has 0 aliphatic carbocycles. The van der Waals surface area contributed by atoms with Crippen LogP contribution in [-0.4, -0.2) is 36.6 Å². The lowest BCUT2D eigenvalue weighted by Gasteiger charge is -2.34. The van der Waals surface area contributed by atoms with Gasteiger partial charge in [0.25, 0.3) is 0 Å². The molecule has 0 bridgehead atoms. The van der Waals surface area contributed by atoms with Crippen molar-refractivity contribution in [1.29, 1.82) is 0 Å². The number of nitrogens with zero attached hydrogens (tertiary/aromatic N) is 3. The predicted molar refractivity (Wildman–Crippen MR) is 138 cm³/mol. The lowest BCUT2D eigenvalue weighted by molar-refractivity contribution is 0.458. The molecule has 0 atom stereocenters. The molecule has 1 aromatic carbocycles. The zero-order chi connectivity index (χ0) is 21.8. The molecule has 1 aliphatic heterocycles. The van der Waals surface area contributed by atoms with E-state index in [-0.39, 0.29) is 29.8 Å². The summed E-state index contributed by atoms with van der Waals surface area (Å²) in [5, 5.41) is 7.69. The van der Waals surface area contributed by atoms with Crippen LogP contribution in [0.1, 0.15) is 36.8 Å². The molecule has 1 saturated heterocycles. The number of aryl methyl sites for hydroxylation is 2. The fraction of sp³-hybridized carbons (Fsp3) is 0.417. The Kier molecular flexibility index (Phi) is 8.33. The zero-order valence-electron chi connectivity index (χ0n) is 18.8. The van der Waals surface area contributed by atoms with E-state index < -0.39 is 0 Å². The summed E-state index contributed by atoms with van der Waals surface area (Å²) in [5.41, 5.74) is 2.68. The number of rotatable bonds is 5. The lowest BCUT2D eigenvalue weighted by Crippen LogP contribution is -2.48. The summed E-state index contributed by atoms with van der Waals surface area (Å²) in [5.74, 6) is 2.34. The largest absolute Gasteiger partial charge is 0.459 e.